The Hall–Kier alpha value is -1.26. The van der Waals surface area contributed by atoms with Crippen molar-refractivity contribution in [1.82, 2.24) is 14.8 Å². The maximum atomic E-state index is 5.90. The number of benzene rings is 1. The van der Waals surface area contributed by atoms with Gasteiger partial charge in [-0.25, -0.2) is 9.67 Å². The first-order valence-corrected chi connectivity index (χ1v) is 6.49. The zero-order chi connectivity index (χ0) is 13.0. The molecule has 1 aromatic carbocycles. The molecule has 96 valence electrons. The summed E-state index contributed by atoms with van der Waals surface area (Å²) in [5, 5.41) is 4.73. The zero-order valence-corrected chi connectivity index (χ0v) is 11.4. The fraction of sp³-hybridized carbons (Fsp3) is 0.333. The van der Waals surface area contributed by atoms with E-state index in [0.717, 1.165) is 23.7 Å². The van der Waals surface area contributed by atoms with Gasteiger partial charge in [-0.1, -0.05) is 11.6 Å². The van der Waals surface area contributed by atoms with E-state index in [1.165, 1.54) is 6.33 Å². The molecule has 0 bridgehead atoms. The third kappa shape index (κ3) is 2.94. The zero-order valence-electron chi connectivity index (χ0n) is 9.94. The summed E-state index contributed by atoms with van der Waals surface area (Å²) in [4.78, 5) is 4.14. The van der Waals surface area contributed by atoms with Gasteiger partial charge in [0.05, 0.1) is 5.88 Å². The van der Waals surface area contributed by atoms with Crippen LogP contribution in [-0.4, -0.2) is 14.8 Å². The van der Waals surface area contributed by atoms with Crippen LogP contribution in [-0.2, 0) is 19.0 Å². The van der Waals surface area contributed by atoms with E-state index in [1.807, 2.05) is 13.0 Å². The number of nitrogens with zero attached hydrogens (tertiary/aromatic N) is 3. The number of halogens is 2. The molecule has 0 saturated carbocycles. The van der Waals surface area contributed by atoms with Crippen LogP contribution in [0.1, 0.15) is 18.3 Å². The second-order valence-electron chi connectivity index (χ2n) is 3.67. The molecule has 0 amide bonds. The molecule has 4 nitrogen and oxygen atoms in total. The molecule has 18 heavy (non-hydrogen) atoms. The van der Waals surface area contributed by atoms with E-state index in [9.17, 15) is 0 Å². The van der Waals surface area contributed by atoms with E-state index >= 15 is 0 Å². The molecule has 6 heteroatoms. The monoisotopic (exact) mass is 285 g/mol. The third-order valence-electron chi connectivity index (χ3n) is 2.52. The first kappa shape index (κ1) is 13.2. The summed E-state index contributed by atoms with van der Waals surface area (Å²) >= 11 is 11.8. The van der Waals surface area contributed by atoms with Crippen LogP contribution in [0, 0.1) is 0 Å². The van der Waals surface area contributed by atoms with Crippen LogP contribution < -0.4 is 4.74 Å². The number of hydrogen-bond donors (Lipinski definition) is 0. The van der Waals surface area contributed by atoms with E-state index in [1.54, 1.807) is 16.8 Å². The topological polar surface area (TPSA) is 39.9 Å². The lowest BCUT2D eigenvalue weighted by Gasteiger charge is -2.10. The third-order valence-corrected chi connectivity index (χ3v) is 3.04. The molecule has 1 aromatic heterocycles. The number of hydrogen-bond acceptors (Lipinski definition) is 3. The highest BCUT2D eigenvalue weighted by Gasteiger charge is 2.07. The quantitative estimate of drug-likeness (QED) is 0.792. The second kappa shape index (κ2) is 6.07. The Morgan fingerprint density at radius 3 is 2.94 bits per heavy atom. The van der Waals surface area contributed by atoms with Gasteiger partial charge < -0.3 is 4.74 Å². The van der Waals surface area contributed by atoms with Gasteiger partial charge in [0.2, 0.25) is 0 Å². The van der Waals surface area contributed by atoms with E-state index < -0.39 is 0 Å². The Labute approximate surface area is 115 Å². The molecular weight excluding hydrogens is 273 g/mol. The summed E-state index contributed by atoms with van der Waals surface area (Å²) in [5.74, 6) is 1.86. The highest BCUT2D eigenvalue weighted by atomic mass is 35.5. The molecule has 0 atom stereocenters. The van der Waals surface area contributed by atoms with Crippen molar-refractivity contribution in [2.45, 2.75) is 26.0 Å². The Morgan fingerprint density at radius 2 is 2.22 bits per heavy atom. The van der Waals surface area contributed by atoms with Crippen LogP contribution in [0.25, 0.3) is 0 Å². The summed E-state index contributed by atoms with van der Waals surface area (Å²) in [5.41, 5.74) is 0.867. The van der Waals surface area contributed by atoms with Crippen molar-refractivity contribution in [3.8, 4) is 5.75 Å². The Morgan fingerprint density at radius 1 is 1.39 bits per heavy atom. The second-order valence-corrected chi connectivity index (χ2v) is 4.37. The molecule has 1 heterocycles. The summed E-state index contributed by atoms with van der Waals surface area (Å²) < 4.78 is 7.49. The molecule has 0 unspecified atom stereocenters. The van der Waals surface area contributed by atoms with E-state index in [4.69, 9.17) is 27.9 Å². The number of aromatic nitrogens is 3. The Balaban J connectivity index is 2.10. The largest absolute Gasteiger partial charge is 0.485 e. The van der Waals surface area contributed by atoms with Crippen molar-refractivity contribution in [3.05, 3.63) is 40.9 Å². The maximum absolute atomic E-state index is 5.90. The first-order chi connectivity index (χ1) is 8.74. The molecule has 0 aliphatic carbocycles. The number of ether oxygens (including phenoxy) is 1. The first-order valence-electron chi connectivity index (χ1n) is 5.58. The van der Waals surface area contributed by atoms with Gasteiger partial charge in [-0.2, -0.15) is 5.10 Å². The van der Waals surface area contributed by atoms with Crippen molar-refractivity contribution in [2.75, 3.05) is 0 Å². The molecule has 0 fully saturated rings. The van der Waals surface area contributed by atoms with Crippen molar-refractivity contribution < 1.29 is 4.74 Å². The highest BCUT2D eigenvalue weighted by molar-refractivity contribution is 6.30. The van der Waals surface area contributed by atoms with Gasteiger partial charge in [-0.05, 0) is 25.1 Å². The summed E-state index contributed by atoms with van der Waals surface area (Å²) in [6, 6.07) is 5.39. The maximum Gasteiger partial charge on any atom is 0.164 e. The van der Waals surface area contributed by atoms with Gasteiger partial charge in [-0.3, -0.25) is 0 Å². The molecule has 2 aromatic rings. The lowest BCUT2D eigenvalue weighted by atomic mass is 10.2. The lowest BCUT2D eigenvalue weighted by molar-refractivity contribution is 0.285. The van der Waals surface area contributed by atoms with Gasteiger partial charge in [0.1, 0.15) is 18.7 Å². The van der Waals surface area contributed by atoms with Gasteiger partial charge in [0.15, 0.2) is 5.82 Å². The normalized spacial score (nSPS) is 10.6. The standard InChI is InChI=1S/C12H13Cl2N3O/c1-2-17-12(15-8-16-17)7-18-11-4-3-10(14)5-9(11)6-13/h3-5,8H,2,6-7H2,1H3. The number of rotatable bonds is 5. The minimum Gasteiger partial charge on any atom is -0.485 e. The van der Waals surface area contributed by atoms with Crippen LogP contribution in [0.15, 0.2) is 24.5 Å². The molecule has 2 rings (SSSR count). The summed E-state index contributed by atoms with van der Waals surface area (Å²) in [7, 11) is 0. The smallest absolute Gasteiger partial charge is 0.164 e. The molecule has 0 aliphatic heterocycles. The van der Waals surface area contributed by atoms with Gasteiger partial charge in [-0.15, -0.1) is 11.6 Å². The van der Waals surface area contributed by atoms with Crippen molar-refractivity contribution >= 4 is 23.2 Å². The molecular formula is C12H13Cl2N3O. The van der Waals surface area contributed by atoms with Gasteiger partial charge in [0, 0.05) is 17.1 Å². The number of alkyl halides is 1. The van der Waals surface area contributed by atoms with E-state index in [-0.39, 0.29) is 0 Å². The highest BCUT2D eigenvalue weighted by Crippen LogP contribution is 2.25. The molecule has 0 spiro atoms. The minimum atomic E-state index is 0.358. The SMILES string of the molecule is CCn1ncnc1COc1ccc(Cl)cc1CCl. The Kier molecular flexibility index (Phi) is 4.44. The predicted molar refractivity (Wildman–Crippen MR) is 71.0 cm³/mol. The van der Waals surface area contributed by atoms with Crippen LogP contribution in [0.5, 0.6) is 5.75 Å². The minimum absolute atomic E-state index is 0.358. The summed E-state index contributed by atoms with van der Waals surface area (Å²) in [6.45, 7) is 3.13. The van der Waals surface area contributed by atoms with Gasteiger partial charge >= 0.3 is 0 Å². The van der Waals surface area contributed by atoms with Crippen LogP contribution in [0.3, 0.4) is 0 Å². The molecule has 0 aliphatic rings. The summed E-state index contributed by atoms with van der Waals surface area (Å²) in [6.07, 6.45) is 1.52. The molecule has 0 N–H and O–H groups in total. The van der Waals surface area contributed by atoms with E-state index in [0.29, 0.717) is 17.5 Å². The average molecular weight is 286 g/mol. The molecule has 0 radical (unpaired) electrons. The van der Waals surface area contributed by atoms with Gasteiger partial charge in [0.25, 0.3) is 0 Å². The average Bonchev–Trinajstić information content (AvgIpc) is 2.84. The van der Waals surface area contributed by atoms with Crippen molar-refractivity contribution in [1.29, 1.82) is 0 Å². The fourth-order valence-corrected chi connectivity index (χ4v) is 2.00. The van der Waals surface area contributed by atoms with Crippen molar-refractivity contribution in [2.24, 2.45) is 0 Å². The Bertz CT molecular complexity index is 528. The predicted octanol–water partition coefficient (Wildman–Crippen LogP) is 3.27. The van der Waals surface area contributed by atoms with Crippen LogP contribution in [0.2, 0.25) is 5.02 Å². The fourth-order valence-electron chi connectivity index (χ4n) is 1.60. The molecule has 0 saturated heterocycles. The number of aryl methyl sites for hydroxylation is 1. The lowest BCUT2D eigenvalue weighted by Crippen LogP contribution is -2.07. The van der Waals surface area contributed by atoms with Crippen LogP contribution >= 0.6 is 23.2 Å². The van der Waals surface area contributed by atoms with E-state index in [2.05, 4.69) is 10.1 Å². The van der Waals surface area contributed by atoms with Crippen LogP contribution in [0.4, 0.5) is 0 Å². The van der Waals surface area contributed by atoms with Crippen molar-refractivity contribution in [3.63, 3.8) is 0 Å².